The van der Waals surface area contributed by atoms with Gasteiger partial charge in [0.15, 0.2) is 5.76 Å². The Morgan fingerprint density at radius 3 is 2.78 bits per heavy atom. The monoisotopic (exact) mass is 329 g/mol. The van der Waals surface area contributed by atoms with Crippen molar-refractivity contribution in [3.05, 3.63) is 44.4 Å². The van der Waals surface area contributed by atoms with Gasteiger partial charge in [0.1, 0.15) is 6.26 Å². The lowest BCUT2D eigenvalue weighted by Crippen LogP contribution is -2.21. The van der Waals surface area contributed by atoms with E-state index in [2.05, 4.69) is 21.2 Å². The van der Waals surface area contributed by atoms with Crippen molar-refractivity contribution >= 4 is 39.1 Å². The van der Waals surface area contributed by atoms with Gasteiger partial charge in [-0.1, -0.05) is 0 Å². The number of aromatic carboxylic acids is 1. The topological polar surface area (TPSA) is 79.5 Å². The molecule has 5 nitrogen and oxygen atoms in total. The number of hydrogen-bond acceptors (Lipinski definition) is 4. The summed E-state index contributed by atoms with van der Waals surface area (Å²) in [6.07, 6.45) is 1.04. The molecule has 2 aromatic rings. The summed E-state index contributed by atoms with van der Waals surface area (Å²) < 4.78 is 5.84. The Balaban J connectivity index is 1.97. The van der Waals surface area contributed by atoms with Crippen LogP contribution < -0.4 is 5.32 Å². The zero-order valence-electron chi connectivity index (χ0n) is 8.97. The van der Waals surface area contributed by atoms with Crippen molar-refractivity contribution < 1.29 is 19.1 Å². The van der Waals surface area contributed by atoms with Gasteiger partial charge in [-0.05, 0) is 22.0 Å². The van der Waals surface area contributed by atoms with Crippen LogP contribution in [-0.2, 0) is 6.54 Å². The van der Waals surface area contributed by atoms with E-state index >= 15 is 0 Å². The van der Waals surface area contributed by atoms with Crippen LogP contribution in [0.5, 0.6) is 0 Å². The summed E-state index contributed by atoms with van der Waals surface area (Å²) in [6.45, 7) is 0.373. The summed E-state index contributed by atoms with van der Waals surface area (Å²) in [5.74, 6) is -1.57. The molecule has 0 unspecified atom stereocenters. The van der Waals surface area contributed by atoms with Crippen LogP contribution >= 0.6 is 27.3 Å². The largest absolute Gasteiger partial charge is 0.478 e. The van der Waals surface area contributed by atoms with Gasteiger partial charge in [-0.2, -0.15) is 0 Å². The number of hydrogen-bond donors (Lipinski definition) is 2. The predicted molar refractivity (Wildman–Crippen MR) is 68.9 cm³/mol. The molecule has 1 amide bonds. The number of thiophene rings is 1. The number of furan rings is 1. The van der Waals surface area contributed by atoms with Crippen LogP contribution in [0.2, 0.25) is 0 Å². The van der Waals surface area contributed by atoms with Gasteiger partial charge in [-0.3, -0.25) is 4.79 Å². The predicted octanol–water partition coefficient (Wildman–Crippen LogP) is 2.73. The van der Waals surface area contributed by atoms with Crippen LogP contribution in [-0.4, -0.2) is 17.0 Å². The summed E-state index contributed by atoms with van der Waals surface area (Å²) in [7, 11) is 0. The highest BCUT2D eigenvalue weighted by molar-refractivity contribution is 9.10. The number of carbonyl (C=O) groups excluding carboxylic acids is 1. The van der Waals surface area contributed by atoms with Crippen LogP contribution in [0.4, 0.5) is 0 Å². The van der Waals surface area contributed by atoms with E-state index in [9.17, 15) is 9.59 Å². The molecule has 0 atom stereocenters. The van der Waals surface area contributed by atoms with Crippen molar-refractivity contribution in [2.75, 3.05) is 0 Å². The third-order valence-electron chi connectivity index (χ3n) is 2.12. The van der Waals surface area contributed by atoms with Gasteiger partial charge < -0.3 is 14.8 Å². The van der Waals surface area contributed by atoms with E-state index in [1.54, 1.807) is 0 Å². The number of halogens is 1. The first-order valence-electron chi connectivity index (χ1n) is 4.89. The molecule has 94 valence electrons. The van der Waals surface area contributed by atoms with Crippen molar-refractivity contribution in [2.24, 2.45) is 0 Å². The maximum Gasteiger partial charge on any atom is 0.338 e. The Morgan fingerprint density at radius 2 is 2.22 bits per heavy atom. The first-order valence-corrected chi connectivity index (χ1v) is 6.56. The second-order valence-corrected chi connectivity index (χ2v) is 5.33. The van der Waals surface area contributed by atoms with E-state index in [1.807, 2.05) is 11.4 Å². The van der Waals surface area contributed by atoms with E-state index in [-0.39, 0.29) is 11.3 Å². The first kappa shape index (κ1) is 12.8. The summed E-state index contributed by atoms with van der Waals surface area (Å²) in [6, 6.07) is 3.10. The van der Waals surface area contributed by atoms with Crippen molar-refractivity contribution in [1.82, 2.24) is 5.32 Å². The SMILES string of the molecule is O=C(O)c1coc(C(=O)NCc2cc(Br)cs2)c1. The lowest BCUT2D eigenvalue weighted by atomic mass is 10.3. The average molecular weight is 330 g/mol. The lowest BCUT2D eigenvalue weighted by Gasteiger charge is -1.99. The standard InChI is InChI=1S/C11H8BrNO4S/c12-7-2-8(18-5-7)3-13-10(14)9-1-6(4-17-9)11(15)16/h1-2,4-5H,3H2,(H,13,14)(H,15,16). The molecule has 2 heterocycles. The molecule has 7 heteroatoms. The minimum Gasteiger partial charge on any atom is -0.478 e. The molecule has 0 saturated heterocycles. The number of carbonyl (C=O) groups is 2. The van der Waals surface area contributed by atoms with Gasteiger partial charge in [0.25, 0.3) is 5.91 Å². The fourth-order valence-corrected chi connectivity index (χ4v) is 2.66. The molecule has 2 rings (SSSR count). The summed E-state index contributed by atoms with van der Waals surface area (Å²) >= 11 is 4.83. The highest BCUT2D eigenvalue weighted by Crippen LogP contribution is 2.19. The second kappa shape index (κ2) is 5.36. The zero-order valence-corrected chi connectivity index (χ0v) is 11.4. The molecule has 0 radical (unpaired) electrons. The Hall–Kier alpha value is -1.60. The van der Waals surface area contributed by atoms with Crippen LogP contribution in [0, 0.1) is 0 Å². The van der Waals surface area contributed by atoms with Crippen LogP contribution in [0.15, 0.2) is 32.7 Å². The van der Waals surface area contributed by atoms with E-state index in [0.717, 1.165) is 15.6 Å². The van der Waals surface area contributed by atoms with Gasteiger partial charge in [0.05, 0.1) is 12.1 Å². The highest BCUT2D eigenvalue weighted by atomic mass is 79.9. The molecule has 18 heavy (non-hydrogen) atoms. The van der Waals surface area contributed by atoms with Crippen molar-refractivity contribution in [2.45, 2.75) is 6.54 Å². The second-order valence-electron chi connectivity index (χ2n) is 3.42. The molecule has 0 bridgehead atoms. The molecule has 0 aliphatic rings. The number of carboxylic acids is 1. The Bertz CT molecular complexity index is 589. The summed E-state index contributed by atoms with van der Waals surface area (Å²) in [4.78, 5) is 23.3. The maximum absolute atomic E-state index is 11.7. The number of carboxylic acid groups (broad SMARTS) is 1. The maximum atomic E-state index is 11.7. The molecule has 2 N–H and O–H groups in total. The Kier molecular flexibility index (Phi) is 3.83. The molecular formula is C11H8BrNO4S. The molecule has 0 spiro atoms. The third-order valence-corrected chi connectivity index (χ3v) is 3.81. The van der Waals surface area contributed by atoms with Crippen molar-refractivity contribution in [3.63, 3.8) is 0 Å². The van der Waals surface area contributed by atoms with E-state index in [0.29, 0.717) is 6.54 Å². The number of nitrogens with one attached hydrogen (secondary N) is 1. The van der Waals surface area contributed by atoms with Crippen LogP contribution in [0.3, 0.4) is 0 Å². The molecule has 0 fully saturated rings. The quantitative estimate of drug-likeness (QED) is 0.903. The van der Waals surface area contributed by atoms with Crippen LogP contribution in [0.1, 0.15) is 25.8 Å². The van der Waals surface area contributed by atoms with Gasteiger partial charge in [0.2, 0.25) is 0 Å². The smallest absolute Gasteiger partial charge is 0.338 e. The fraction of sp³-hybridized carbons (Fsp3) is 0.0909. The van der Waals surface area contributed by atoms with Gasteiger partial charge in [0, 0.05) is 20.8 Å². The lowest BCUT2D eigenvalue weighted by molar-refractivity contribution is 0.0696. The number of rotatable bonds is 4. The number of amides is 1. The van der Waals surface area contributed by atoms with Crippen LogP contribution in [0.25, 0.3) is 0 Å². The normalized spacial score (nSPS) is 10.3. The Labute approximate surface area is 115 Å². The molecule has 0 aromatic carbocycles. The zero-order chi connectivity index (χ0) is 13.1. The minimum absolute atomic E-state index is 0.0111. The molecular weight excluding hydrogens is 322 g/mol. The molecule has 0 saturated carbocycles. The third kappa shape index (κ3) is 2.99. The Morgan fingerprint density at radius 1 is 1.44 bits per heavy atom. The van der Waals surface area contributed by atoms with E-state index < -0.39 is 11.9 Å². The first-order chi connectivity index (χ1) is 8.56. The highest BCUT2D eigenvalue weighted by Gasteiger charge is 2.14. The van der Waals surface area contributed by atoms with E-state index in [1.165, 1.54) is 17.4 Å². The van der Waals surface area contributed by atoms with Gasteiger partial charge in [-0.25, -0.2) is 4.79 Å². The fourth-order valence-electron chi connectivity index (χ4n) is 1.27. The molecule has 0 aliphatic heterocycles. The van der Waals surface area contributed by atoms with Gasteiger partial charge in [-0.15, -0.1) is 11.3 Å². The van der Waals surface area contributed by atoms with Crippen molar-refractivity contribution in [3.8, 4) is 0 Å². The minimum atomic E-state index is -1.13. The van der Waals surface area contributed by atoms with Gasteiger partial charge >= 0.3 is 5.97 Å². The average Bonchev–Trinajstić information content (AvgIpc) is 2.94. The summed E-state index contributed by atoms with van der Waals surface area (Å²) in [5, 5.41) is 13.3. The van der Waals surface area contributed by atoms with Crippen molar-refractivity contribution in [1.29, 1.82) is 0 Å². The summed E-state index contributed by atoms with van der Waals surface area (Å²) in [5.41, 5.74) is -0.0426. The van der Waals surface area contributed by atoms with E-state index in [4.69, 9.17) is 9.52 Å². The molecule has 0 aliphatic carbocycles. The molecule has 2 aromatic heterocycles.